The number of hydrogen-bond donors (Lipinski definition) is 1. The van der Waals surface area contributed by atoms with E-state index in [4.69, 9.17) is 4.42 Å². The summed E-state index contributed by atoms with van der Waals surface area (Å²) < 4.78 is 5.48. The summed E-state index contributed by atoms with van der Waals surface area (Å²) in [4.78, 5) is 0. The number of unbranched alkanes of at least 4 members (excludes halogenated alkanes) is 1. The first kappa shape index (κ1) is 16.3. The van der Waals surface area contributed by atoms with E-state index in [9.17, 15) is 0 Å². The van der Waals surface area contributed by atoms with Gasteiger partial charge in [0.05, 0.1) is 6.26 Å². The highest BCUT2D eigenvalue weighted by Crippen LogP contribution is 2.27. The Hall–Kier alpha value is -0.760. The lowest BCUT2D eigenvalue weighted by atomic mass is 9.90. The van der Waals surface area contributed by atoms with Crippen LogP contribution in [0.4, 0.5) is 0 Å². The Balaban J connectivity index is 2.62. The lowest BCUT2D eigenvalue weighted by Gasteiger charge is -2.23. The van der Waals surface area contributed by atoms with Crippen molar-refractivity contribution in [2.24, 2.45) is 5.92 Å². The third kappa shape index (κ3) is 5.82. The molecule has 0 bridgehead atoms. The summed E-state index contributed by atoms with van der Waals surface area (Å²) in [5.74, 6) is 1.84. The second-order valence-corrected chi connectivity index (χ2v) is 5.65. The molecular formula is C17H31NO. The van der Waals surface area contributed by atoms with Crippen LogP contribution >= 0.6 is 0 Å². The highest BCUT2D eigenvalue weighted by Gasteiger charge is 2.17. The van der Waals surface area contributed by atoms with Gasteiger partial charge >= 0.3 is 0 Å². The van der Waals surface area contributed by atoms with E-state index in [2.05, 4.69) is 32.2 Å². The molecule has 0 saturated carbocycles. The van der Waals surface area contributed by atoms with Gasteiger partial charge in [0.2, 0.25) is 0 Å². The molecule has 0 amide bonds. The molecule has 1 aromatic rings. The molecule has 1 aromatic heterocycles. The highest BCUT2D eigenvalue weighted by molar-refractivity contribution is 5.16. The quantitative estimate of drug-likeness (QED) is 0.626. The third-order valence-electron chi connectivity index (χ3n) is 3.91. The number of hydrogen-bond acceptors (Lipinski definition) is 2. The number of nitrogens with one attached hydrogen (secondary N) is 1. The molecule has 110 valence electrons. The maximum absolute atomic E-state index is 5.48. The molecule has 1 N–H and O–H groups in total. The molecule has 0 radical (unpaired) electrons. The molecule has 2 atom stereocenters. The zero-order chi connectivity index (χ0) is 14.1. The van der Waals surface area contributed by atoms with Crippen LogP contribution in [0.2, 0.25) is 0 Å². The van der Waals surface area contributed by atoms with Crippen molar-refractivity contribution in [3.8, 4) is 0 Å². The Morgan fingerprint density at radius 1 is 1.21 bits per heavy atom. The van der Waals surface area contributed by atoms with Crippen molar-refractivity contribution in [1.82, 2.24) is 5.32 Å². The average molecular weight is 265 g/mol. The fraction of sp³-hybridized carbons (Fsp3) is 0.765. The Morgan fingerprint density at radius 3 is 2.53 bits per heavy atom. The summed E-state index contributed by atoms with van der Waals surface area (Å²) in [6.45, 7) is 9.92. The second kappa shape index (κ2) is 9.19. The predicted octanol–water partition coefficient (Wildman–Crippen LogP) is 5.24. The fourth-order valence-electron chi connectivity index (χ4n) is 2.62. The van der Waals surface area contributed by atoms with E-state index in [1.54, 1.807) is 0 Å². The highest BCUT2D eigenvalue weighted by atomic mass is 16.3. The Morgan fingerprint density at radius 2 is 2.00 bits per heavy atom. The predicted molar refractivity (Wildman–Crippen MR) is 82.4 cm³/mol. The molecular weight excluding hydrogens is 234 g/mol. The van der Waals surface area contributed by atoms with E-state index in [0.29, 0.717) is 6.04 Å². The molecule has 0 fully saturated rings. The normalized spacial score (nSPS) is 14.5. The largest absolute Gasteiger partial charge is 0.469 e. The zero-order valence-electron chi connectivity index (χ0n) is 13.2. The van der Waals surface area contributed by atoms with Crippen molar-refractivity contribution in [2.45, 2.75) is 72.3 Å². The van der Waals surface area contributed by atoms with Gasteiger partial charge in [-0.15, -0.1) is 0 Å². The van der Waals surface area contributed by atoms with Crippen LogP contribution in [0.5, 0.6) is 0 Å². The van der Waals surface area contributed by atoms with Crippen molar-refractivity contribution >= 4 is 0 Å². The molecule has 2 unspecified atom stereocenters. The molecule has 0 aromatic carbocycles. The Labute approximate surface area is 119 Å². The first-order valence-corrected chi connectivity index (χ1v) is 7.99. The molecule has 2 nitrogen and oxygen atoms in total. The molecule has 0 aliphatic rings. The van der Waals surface area contributed by atoms with Gasteiger partial charge in [-0.2, -0.15) is 0 Å². The molecule has 0 aliphatic heterocycles. The summed E-state index contributed by atoms with van der Waals surface area (Å²) in [6.07, 6.45) is 9.62. The van der Waals surface area contributed by atoms with Gasteiger partial charge in [-0.3, -0.25) is 0 Å². The lowest BCUT2D eigenvalue weighted by molar-refractivity contribution is 0.352. The molecule has 0 aliphatic carbocycles. The van der Waals surface area contributed by atoms with Crippen molar-refractivity contribution < 1.29 is 4.42 Å². The van der Waals surface area contributed by atoms with Crippen molar-refractivity contribution in [3.05, 3.63) is 23.7 Å². The van der Waals surface area contributed by atoms with Crippen molar-refractivity contribution in [2.75, 3.05) is 6.54 Å². The van der Waals surface area contributed by atoms with Crippen LogP contribution in [0.25, 0.3) is 0 Å². The van der Waals surface area contributed by atoms with Crippen LogP contribution in [0.3, 0.4) is 0 Å². The topological polar surface area (TPSA) is 25.2 Å². The number of rotatable bonds is 10. The van der Waals surface area contributed by atoms with Gasteiger partial charge in [-0.05, 0) is 38.3 Å². The molecule has 1 rings (SSSR count). The monoisotopic (exact) mass is 265 g/mol. The van der Waals surface area contributed by atoms with Crippen LogP contribution in [-0.2, 0) is 0 Å². The molecule has 0 spiro atoms. The van der Waals surface area contributed by atoms with E-state index >= 15 is 0 Å². The summed E-state index contributed by atoms with van der Waals surface area (Å²) in [7, 11) is 0. The minimum absolute atomic E-state index is 0.458. The third-order valence-corrected chi connectivity index (χ3v) is 3.91. The number of furan rings is 1. The van der Waals surface area contributed by atoms with Gasteiger partial charge in [-0.25, -0.2) is 0 Å². The van der Waals surface area contributed by atoms with Gasteiger partial charge in [0.25, 0.3) is 0 Å². The maximum Gasteiger partial charge on any atom is 0.101 e. The van der Waals surface area contributed by atoms with Crippen LogP contribution in [0.15, 0.2) is 16.7 Å². The summed E-state index contributed by atoms with van der Waals surface area (Å²) in [6, 6.07) is 2.64. The van der Waals surface area contributed by atoms with Gasteiger partial charge in [0, 0.05) is 11.6 Å². The number of aryl methyl sites for hydroxylation is 1. The van der Waals surface area contributed by atoms with E-state index in [1.165, 1.54) is 44.1 Å². The van der Waals surface area contributed by atoms with Crippen molar-refractivity contribution in [3.63, 3.8) is 0 Å². The minimum atomic E-state index is 0.458. The lowest BCUT2D eigenvalue weighted by Crippen LogP contribution is -2.24. The van der Waals surface area contributed by atoms with E-state index in [0.717, 1.165) is 18.2 Å². The van der Waals surface area contributed by atoms with Crippen LogP contribution in [0.1, 0.15) is 76.7 Å². The van der Waals surface area contributed by atoms with E-state index in [-0.39, 0.29) is 0 Å². The molecule has 19 heavy (non-hydrogen) atoms. The smallest absolute Gasteiger partial charge is 0.101 e. The van der Waals surface area contributed by atoms with E-state index in [1.807, 2.05) is 13.2 Å². The van der Waals surface area contributed by atoms with Crippen LogP contribution in [-0.4, -0.2) is 6.54 Å². The maximum atomic E-state index is 5.48. The van der Waals surface area contributed by atoms with Crippen LogP contribution < -0.4 is 5.32 Å². The van der Waals surface area contributed by atoms with Gasteiger partial charge in [0.15, 0.2) is 0 Å². The Bertz CT molecular complexity index is 332. The molecule has 2 heteroatoms. The minimum Gasteiger partial charge on any atom is -0.469 e. The average Bonchev–Trinajstić information content (AvgIpc) is 2.84. The fourth-order valence-corrected chi connectivity index (χ4v) is 2.62. The SMILES string of the molecule is CCCCC(CC)CC(NCCC)c1coc(C)c1. The first-order chi connectivity index (χ1) is 9.21. The zero-order valence-corrected chi connectivity index (χ0v) is 13.2. The second-order valence-electron chi connectivity index (χ2n) is 5.65. The van der Waals surface area contributed by atoms with Crippen molar-refractivity contribution in [1.29, 1.82) is 0 Å². The van der Waals surface area contributed by atoms with E-state index < -0.39 is 0 Å². The first-order valence-electron chi connectivity index (χ1n) is 7.99. The summed E-state index contributed by atoms with van der Waals surface area (Å²) in [5, 5.41) is 3.68. The Kier molecular flexibility index (Phi) is 7.88. The van der Waals surface area contributed by atoms with Gasteiger partial charge in [0.1, 0.15) is 5.76 Å². The van der Waals surface area contributed by atoms with Gasteiger partial charge < -0.3 is 9.73 Å². The summed E-state index contributed by atoms with van der Waals surface area (Å²) >= 11 is 0. The van der Waals surface area contributed by atoms with Gasteiger partial charge in [-0.1, -0.05) is 46.5 Å². The summed E-state index contributed by atoms with van der Waals surface area (Å²) in [5.41, 5.74) is 1.32. The molecule has 0 saturated heterocycles. The standard InChI is InChI=1S/C17H31NO/c1-5-8-9-15(7-3)12-17(18-10-6-2)16-11-14(4)19-13-16/h11,13,15,17-18H,5-10,12H2,1-4H3. The van der Waals surface area contributed by atoms with Crippen LogP contribution in [0, 0.1) is 12.8 Å². The molecule has 1 heterocycles.